The van der Waals surface area contributed by atoms with Gasteiger partial charge < -0.3 is 14.2 Å². The second-order valence-electron chi connectivity index (χ2n) is 6.00. The number of carbonyl (C=O) groups excluding carboxylic acids is 1. The molecule has 27 heavy (non-hydrogen) atoms. The zero-order chi connectivity index (χ0) is 19.4. The molecule has 6 nitrogen and oxygen atoms in total. The lowest BCUT2D eigenvalue weighted by Gasteiger charge is -2.19. The fourth-order valence-corrected chi connectivity index (χ4v) is 2.99. The monoisotopic (exact) mass is 372 g/mol. The van der Waals surface area contributed by atoms with Crippen molar-refractivity contribution < 1.29 is 23.4 Å². The molecule has 1 atom stereocenters. The summed E-state index contributed by atoms with van der Waals surface area (Å²) < 4.78 is 29.0. The second-order valence-corrected chi connectivity index (χ2v) is 6.00. The van der Waals surface area contributed by atoms with Crippen LogP contribution in [0, 0.1) is 5.82 Å². The maximum atomic E-state index is 13.1. The summed E-state index contributed by atoms with van der Waals surface area (Å²) in [5.41, 5.74) is 2.22. The van der Waals surface area contributed by atoms with Gasteiger partial charge in [0.05, 0.1) is 26.5 Å². The number of nitrogens with zero attached hydrogens (tertiary/aromatic N) is 2. The van der Waals surface area contributed by atoms with Crippen molar-refractivity contribution in [3.63, 3.8) is 0 Å². The molecule has 2 aromatic rings. The minimum Gasteiger partial charge on any atom is -0.493 e. The minimum atomic E-state index is -0.834. The van der Waals surface area contributed by atoms with Gasteiger partial charge in [0.2, 0.25) is 0 Å². The summed E-state index contributed by atoms with van der Waals surface area (Å²) in [5.74, 6) is 0.572. The highest BCUT2D eigenvalue weighted by Crippen LogP contribution is 2.30. The van der Waals surface area contributed by atoms with Crippen LogP contribution in [-0.2, 0) is 9.53 Å². The van der Waals surface area contributed by atoms with Crippen LogP contribution in [0.1, 0.15) is 23.7 Å². The normalized spacial score (nSPS) is 14.7. The van der Waals surface area contributed by atoms with E-state index >= 15 is 0 Å². The summed E-state index contributed by atoms with van der Waals surface area (Å²) in [6.07, 6.45) is -0.222. The first-order valence-corrected chi connectivity index (χ1v) is 8.47. The Morgan fingerprint density at radius 1 is 1.07 bits per heavy atom. The second kappa shape index (κ2) is 8.18. The maximum absolute atomic E-state index is 13.1. The van der Waals surface area contributed by atoms with Gasteiger partial charge in [-0.15, -0.1) is 0 Å². The Kier molecular flexibility index (Phi) is 5.71. The summed E-state index contributed by atoms with van der Waals surface area (Å²) in [7, 11) is 4.59. The smallest absolute Gasteiger partial charge is 0.276 e. The van der Waals surface area contributed by atoms with Crippen LogP contribution in [0.15, 0.2) is 47.6 Å². The van der Waals surface area contributed by atoms with Gasteiger partial charge in [-0.3, -0.25) is 4.79 Å². The van der Waals surface area contributed by atoms with Gasteiger partial charge in [-0.25, -0.2) is 9.40 Å². The molecule has 0 bridgehead atoms. The molecule has 0 aromatic heterocycles. The van der Waals surface area contributed by atoms with Crippen LogP contribution in [-0.4, -0.2) is 44.5 Å². The molecular weight excluding hydrogens is 351 g/mol. The van der Waals surface area contributed by atoms with Crippen molar-refractivity contribution in [1.82, 2.24) is 5.01 Å². The Labute approximate surface area is 157 Å². The van der Waals surface area contributed by atoms with Gasteiger partial charge >= 0.3 is 0 Å². The third-order valence-corrected chi connectivity index (χ3v) is 4.41. The van der Waals surface area contributed by atoms with E-state index in [0.717, 1.165) is 11.3 Å². The highest BCUT2D eigenvalue weighted by molar-refractivity contribution is 6.03. The lowest BCUT2D eigenvalue weighted by molar-refractivity contribution is -0.141. The number of amides is 1. The van der Waals surface area contributed by atoms with Crippen molar-refractivity contribution in [2.24, 2.45) is 5.10 Å². The van der Waals surface area contributed by atoms with Gasteiger partial charge in [-0.05, 0) is 35.9 Å². The quantitative estimate of drug-likeness (QED) is 0.782. The standard InChI is InChI=1S/C20H21FN2O4/c1-25-17-9-6-14(12-18(17)26-2)16-10-11-23(22-16)20(24)19(27-3)13-4-7-15(21)8-5-13/h4-9,12,19H,10-11H2,1-3H3. The number of ether oxygens (including phenoxy) is 3. The molecule has 0 saturated heterocycles. The Morgan fingerprint density at radius 3 is 2.41 bits per heavy atom. The predicted octanol–water partition coefficient (Wildman–Crippen LogP) is 3.17. The Bertz CT molecular complexity index is 852. The fraction of sp³-hybridized carbons (Fsp3) is 0.300. The molecular formula is C20H21FN2O4. The molecule has 0 N–H and O–H groups in total. The SMILES string of the molecule is COc1ccc(C2=NN(C(=O)C(OC)c3ccc(F)cc3)CC2)cc1OC. The first-order valence-electron chi connectivity index (χ1n) is 8.47. The van der Waals surface area contributed by atoms with Crippen molar-refractivity contribution in [2.75, 3.05) is 27.9 Å². The van der Waals surface area contributed by atoms with Crippen LogP contribution in [0.25, 0.3) is 0 Å². The van der Waals surface area contributed by atoms with Gasteiger partial charge in [0.1, 0.15) is 5.82 Å². The van der Waals surface area contributed by atoms with E-state index in [2.05, 4.69) is 5.10 Å². The number of benzene rings is 2. The van der Waals surface area contributed by atoms with Crippen molar-refractivity contribution in [3.8, 4) is 11.5 Å². The first kappa shape index (κ1) is 18.8. The average Bonchev–Trinajstić information content (AvgIpc) is 3.19. The largest absolute Gasteiger partial charge is 0.493 e. The summed E-state index contributed by atoms with van der Waals surface area (Å²) in [4.78, 5) is 12.8. The van der Waals surface area contributed by atoms with Crippen molar-refractivity contribution in [2.45, 2.75) is 12.5 Å². The van der Waals surface area contributed by atoms with E-state index in [1.54, 1.807) is 20.3 Å². The molecule has 0 spiro atoms. The summed E-state index contributed by atoms with van der Waals surface area (Å²) in [6, 6.07) is 11.2. The predicted molar refractivity (Wildman–Crippen MR) is 98.6 cm³/mol. The number of carbonyl (C=O) groups is 1. The van der Waals surface area contributed by atoms with Crippen LogP contribution in [0.2, 0.25) is 0 Å². The van der Waals surface area contributed by atoms with E-state index in [9.17, 15) is 9.18 Å². The van der Waals surface area contributed by atoms with E-state index in [1.165, 1.54) is 36.4 Å². The van der Waals surface area contributed by atoms with Gasteiger partial charge in [0.25, 0.3) is 5.91 Å². The molecule has 0 aliphatic carbocycles. The highest BCUT2D eigenvalue weighted by atomic mass is 19.1. The van der Waals surface area contributed by atoms with Gasteiger partial charge in [0, 0.05) is 19.1 Å². The molecule has 1 heterocycles. The Morgan fingerprint density at radius 2 is 1.78 bits per heavy atom. The summed E-state index contributed by atoms with van der Waals surface area (Å²) >= 11 is 0. The molecule has 1 unspecified atom stereocenters. The number of hydrogen-bond acceptors (Lipinski definition) is 5. The fourth-order valence-electron chi connectivity index (χ4n) is 2.99. The molecule has 1 aliphatic rings. The van der Waals surface area contributed by atoms with Crippen molar-refractivity contribution >= 4 is 11.6 Å². The third kappa shape index (κ3) is 3.93. The van der Waals surface area contributed by atoms with E-state index in [0.29, 0.717) is 30.0 Å². The molecule has 0 radical (unpaired) electrons. The lowest BCUT2D eigenvalue weighted by Crippen LogP contribution is -2.30. The van der Waals surface area contributed by atoms with Gasteiger partial charge in [0.15, 0.2) is 17.6 Å². The minimum absolute atomic E-state index is 0.292. The number of methoxy groups -OCH3 is 3. The molecule has 0 saturated carbocycles. The number of hydrazone groups is 1. The third-order valence-electron chi connectivity index (χ3n) is 4.41. The van der Waals surface area contributed by atoms with E-state index in [4.69, 9.17) is 14.2 Å². The van der Waals surface area contributed by atoms with Crippen molar-refractivity contribution in [1.29, 1.82) is 0 Å². The summed E-state index contributed by atoms with van der Waals surface area (Å²) in [6.45, 7) is 0.448. The molecule has 1 aliphatic heterocycles. The van der Waals surface area contributed by atoms with Crippen LogP contribution >= 0.6 is 0 Å². The van der Waals surface area contributed by atoms with Crippen LogP contribution in [0.4, 0.5) is 4.39 Å². The van der Waals surface area contributed by atoms with Crippen LogP contribution in [0.5, 0.6) is 11.5 Å². The van der Waals surface area contributed by atoms with Crippen LogP contribution < -0.4 is 9.47 Å². The van der Waals surface area contributed by atoms with Crippen LogP contribution in [0.3, 0.4) is 0 Å². The molecule has 3 rings (SSSR count). The maximum Gasteiger partial charge on any atom is 0.276 e. The molecule has 142 valence electrons. The van der Waals surface area contributed by atoms with E-state index in [1.807, 2.05) is 12.1 Å². The van der Waals surface area contributed by atoms with Gasteiger partial charge in [-0.2, -0.15) is 5.10 Å². The lowest BCUT2D eigenvalue weighted by atomic mass is 10.1. The molecule has 2 aromatic carbocycles. The number of halogens is 1. The Balaban J connectivity index is 1.81. The zero-order valence-corrected chi connectivity index (χ0v) is 15.4. The molecule has 1 amide bonds. The number of rotatable bonds is 6. The zero-order valence-electron chi connectivity index (χ0n) is 15.4. The highest BCUT2D eigenvalue weighted by Gasteiger charge is 2.29. The molecule has 7 heteroatoms. The van der Waals surface area contributed by atoms with E-state index in [-0.39, 0.29) is 11.7 Å². The topological polar surface area (TPSA) is 60.4 Å². The summed E-state index contributed by atoms with van der Waals surface area (Å²) in [5, 5.41) is 5.84. The average molecular weight is 372 g/mol. The van der Waals surface area contributed by atoms with Crippen molar-refractivity contribution in [3.05, 3.63) is 59.4 Å². The molecule has 0 fully saturated rings. The first-order chi connectivity index (χ1) is 13.1. The van der Waals surface area contributed by atoms with E-state index < -0.39 is 6.10 Å². The number of hydrogen-bond donors (Lipinski definition) is 0. The Hall–Kier alpha value is -2.93. The van der Waals surface area contributed by atoms with Gasteiger partial charge in [-0.1, -0.05) is 12.1 Å².